The number of aromatic nitrogens is 1. The van der Waals surface area contributed by atoms with E-state index in [1.165, 1.54) is 18.5 Å². The minimum atomic E-state index is -0.412. The van der Waals surface area contributed by atoms with Gasteiger partial charge in [-0.1, -0.05) is 0 Å². The Morgan fingerprint density at radius 1 is 1.37 bits per heavy atom. The molecule has 4 N–H and O–H groups in total. The monoisotopic (exact) mass is 286 g/mol. The molecule has 19 heavy (non-hydrogen) atoms. The first-order chi connectivity index (χ1) is 8.29. The molecule has 0 spiro atoms. The lowest BCUT2D eigenvalue weighted by molar-refractivity contribution is -0.121. The van der Waals surface area contributed by atoms with Gasteiger partial charge >= 0.3 is 0 Å². The highest BCUT2D eigenvalue weighted by molar-refractivity contribution is 6.00. The summed E-state index contributed by atoms with van der Waals surface area (Å²) < 4.78 is 0. The SMILES string of the molecule is CC(C)(C)NC(=O)CNC(=O)c1cnccc1N.Cl. The van der Waals surface area contributed by atoms with E-state index >= 15 is 0 Å². The summed E-state index contributed by atoms with van der Waals surface area (Å²) in [6.07, 6.45) is 2.87. The Balaban J connectivity index is 0.00000324. The lowest BCUT2D eigenvalue weighted by Gasteiger charge is -2.20. The van der Waals surface area contributed by atoms with Gasteiger partial charge in [-0.25, -0.2) is 0 Å². The Kier molecular flexibility index (Phi) is 6.27. The second-order valence-electron chi connectivity index (χ2n) is 4.94. The lowest BCUT2D eigenvalue weighted by Crippen LogP contribution is -2.45. The Morgan fingerprint density at radius 3 is 2.53 bits per heavy atom. The second kappa shape index (κ2) is 6.94. The number of rotatable bonds is 3. The molecule has 0 aliphatic rings. The highest BCUT2D eigenvalue weighted by Gasteiger charge is 2.15. The highest BCUT2D eigenvalue weighted by atomic mass is 35.5. The molecular weight excluding hydrogens is 268 g/mol. The van der Waals surface area contributed by atoms with Crippen molar-refractivity contribution in [3.63, 3.8) is 0 Å². The molecule has 0 unspecified atom stereocenters. The molecule has 7 heteroatoms. The number of carbonyl (C=O) groups excluding carboxylic acids is 2. The highest BCUT2D eigenvalue weighted by Crippen LogP contribution is 2.07. The molecule has 0 bridgehead atoms. The number of nitrogens with zero attached hydrogens (tertiary/aromatic N) is 1. The van der Waals surface area contributed by atoms with Gasteiger partial charge in [0.25, 0.3) is 5.91 Å². The number of carbonyl (C=O) groups is 2. The van der Waals surface area contributed by atoms with Crippen molar-refractivity contribution >= 4 is 29.9 Å². The minimum Gasteiger partial charge on any atom is -0.398 e. The van der Waals surface area contributed by atoms with Crippen LogP contribution in [0.4, 0.5) is 5.69 Å². The molecule has 1 aromatic heterocycles. The zero-order chi connectivity index (χ0) is 13.8. The maximum atomic E-state index is 11.7. The predicted molar refractivity (Wildman–Crippen MR) is 76.1 cm³/mol. The van der Waals surface area contributed by atoms with Crippen LogP contribution in [0, 0.1) is 0 Å². The molecular formula is C12H19ClN4O2. The van der Waals surface area contributed by atoms with Crippen molar-refractivity contribution in [3.8, 4) is 0 Å². The van der Waals surface area contributed by atoms with Crippen molar-refractivity contribution in [2.75, 3.05) is 12.3 Å². The number of nitrogens with one attached hydrogen (secondary N) is 2. The molecule has 0 radical (unpaired) electrons. The van der Waals surface area contributed by atoms with Gasteiger partial charge in [0, 0.05) is 23.6 Å². The van der Waals surface area contributed by atoms with E-state index in [2.05, 4.69) is 15.6 Å². The number of anilines is 1. The Morgan fingerprint density at radius 2 is 2.00 bits per heavy atom. The van der Waals surface area contributed by atoms with E-state index < -0.39 is 5.91 Å². The largest absolute Gasteiger partial charge is 0.398 e. The molecule has 0 aromatic carbocycles. The van der Waals surface area contributed by atoms with Crippen LogP contribution >= 0.6 is 12.4 Å². The molecule has 0 saturated heterocycles. The van der Waals surface area contributed by atoms with Crippen molar-refractivity contribution in [1.29, 1.82) is 0 Å². The van der Waals surface area contributed by atoms with E-state index in [0.717, 1.165) is 0 Å². The van der Waals surface area contributed by atoms with E-state index in [0.29, 0.717) is 5.69 Å². The number of nitrogen functional groups attached to an aromatic ring is 1. The summed E-state index contributed by atoms with van der Waals surface area (Å²) in [6.45, 7) is 5.51. The summed E-state index contributed by atoms with van der Waals surface area (Å²) in [7, 11) is 0. The molecule has 1 aromatic rings. The van der Waals surface area contributed by atoms with Gasteiger partial charge in [0.05, 0.1) is 12.1 Å². The van der Waals surface area contributed by atoms with Crippen LogP contribution in [0.1, 0.15) is 31.1 Å². The Labute approximate surface area is 118 Å². The van der Waals surface area contributed by atoms with Crippen LogP contribution in [-0.2, 0) is 4.79 Å². The van der Waals surface area contributed by atoms with Crippen molar-refractivity contribution in [1.82, 2.24) is 15.6 Å². The van der Waals surface area contributed by atoms with Gasteiger partial charge < -0.3 is 16.4 Å². The fourth-order valence-electron chi connectivity index (χ4n) is 1.31. The van der Waals surface area contributed by atoms with Crippen molar-refractivity contribution in [3.05, 3.63) is 24.0 Å². The standard InChI is InChI=1S/C12H18N4O2.ClH/c1-12(2,3)16-10(17)7-15-11(18)8-6-14-5-4-9(8)13;/h4-6H,7H2,1-3H3,(H2,13,14)(H,15,18)(H,16,17);1H. The molecule has 0 aliphatic heterocycles. The number of amides is 2. The lowest BCUT2D eigenvalue weighted by atomic mass is 10.1. The van der Waals surface area contributed by atoms with Gasteiger partial charge in [-0.3, -0.25) is 14.6 Å². The van der Waals surface area contributed by atoms with Gasteiger partial charge in [-0.2, -0.15) is 0 Å². The summed E-state index contributed by atoms with van der Waals surface area (Å²) in [5.41, 5.74) is 5.90. The number of nitrogens with two attached hydrogens (primary N) is 1. The minimum absolute atomic E-state index is 0. The summed E-state index contributed by atoms with van der Waals surface area (Å²) >= 11 is 0. The predicted octanol–water partition coefficient (Wildman–Crippen LogP) is 0.730. The van der Waals surface area contributed by atoms with Crippen LogP contribution in [0.25, 0.3) is 0 Å². The van der Waals surface area contributed by atoms with Crippen molar-refractivity contribution < 1.29 is 9.59 Å². The summed E-state index contributed by atoms with van der Waals surface area (Å²) in [6, 6.07) is 1.53. The molecule has 0 fully saturated rings. The van der Waals surface area contributed by atoms with Crippen LogP contribution in [-0.4, -0.2) is 28.9 Å². The van der Waals surface area contributed by atoms with Crippen LogP contribution in [0.15, 0.2) is 18.5 Å². The molecule has 6 nitrogen and oxygen atoms in total. The van der Waals surface area contributed by atoms with Gasteiger partial charge in [0.2, 0.25) is 5.91 Å². The van der Waals surface area contributed by atoms with E-state index in [1.54, 1.807) is 0 Å². The van der Waals surface area contributed by atoms with E-state index in [4.69, 9.17) is 5.73 Å². The third kappa shape index (κ3) is 6.05. The normalized spacial score (nSPS) is 10.3. The zero-order valence-corrected chi connectivity index (χ0v) is 12.0. The summed E-state index contributed by atoms with van der Waals surface area (Å²) in [5.74, 6) is -0.664. The van der Waals surface area contributed by atoms with E-state index in [-0.39, 0.29) is 36.0 Å². The van der Waals surface area contributed by atoms with Gasteiger partial charge in [-0.05, 0) is 26.8 Å². The van der Waals surface area contributed by atoms with Gasteiger partial charge in [-0.15, -0.1) is 12.4 Å². The number of hydrogen-bond acceptors (Lipinski definition) is 4. The number of hydrogen-bond donors (Lipinski definition) is 3. The van der Waals surface area contributed by atoms with Gasteiger partial charge in [0.1, 0.15) is 0 Å². The second-order valence-corrected chi connectivity index (χ2v) is 4.94. The zero-order valence-electron chi connectivity index (χ0n) is 11.2. The van der Waals surface area contributed by atoms with E-state index in [9.17, 15) is 9.59 Å². The fourth-order valence-corrected chi connectivity index (χ4v) is 1.31. The molecule has 0 saturated carbocycles. The first-order valence-electron chi connectivity index (χ1n) is 5.58. The fraction of sp³-hybridized carbons (Fsp3) is 0.417. The van der Waals surface area contributed by atoms with Crippen LogP contribution in [0.2, 0.25) is 0 Å². The Bertz CT molecular complexity index is 457. The van der Waals surface area contributed by atoms with Crippen LogP contribution < -0.4 is 16.4 Å². The third-order valence-electron chi connectivity index (χ3n) is 2.02. The quantitative estimate of drug-likeness (QED) is 0.763. The topological polar surface area (TPSA) is 97.1 Å². The Hall–Kier alpha value is -1.82. The first-order valence-corrected chi connectivity index (χ1v) is 5.58. The third-order valence-corrected chi connectivity index (χ3v) is 2.02. The molecule has 1 heterocycles. The van der Waals surface area contributed by atoms with Crippen molar-refractivity contribution in [2.24, 2.45) is 0 Å². The van der Waals surface area contributed by atoms with Crippen LogP contribution in [0.3, 0.4) is 0 Å². The molecule has 2 amide bonds. The van der Waals surface area contributed by atoms with Crippen LogP contribution in [0.5, 0.6) is 0 Å². The molecule has 1 rings (SSSR count). The maximum Gasteiger partial charge on any atom is 0.255 e. The molecule has 0 aliphatic carbocycles. The van der Waals surface area contributed by atoms with Crippen molar-refractivity contribution in [2.45, 2.75) is 26.3 Å². The maximum absolute atomic E-state index is 11.7. The average molecular weight is 287 g/mol. The number of pyridine rings is 1. The smallest absolute Gasteiger partial charge is 0.255 e. The van der Waals surface area contributed by atoms with Gasteiger partial charge in [0.15, 0.2) is 0 Å². The summed E-state index contributed by atoms with van der Waals surface area (Å²) in [4.78, 5) is 27.0. The molecule has 106 valence electrons. The average Bonchev–Trinajstić information content (AvgIpc) is 2.24. The molecule has 0 atom stereocenters. The number of halogens is 1. The van der Waals surface area contributed by atoms with E-state index in [1.807, 2.05) is 20.8 Å². The first kappa shape index (κ1) is 17.2. The summed E-state index contributed by atoms with van der Waals surface area (Å²) in [5, 5.41) is 5.23.